The van der Waals surface area contributed by atoms with Crippen LogP contribution in [0.1, 0.15) is 22.6 Å². The molecule has 0 aliphatic heterocycles. The van der Waals surface area contributed by atoms with E-state index in [4.69, 9.17) is 0 Å². The Labute approximate surface area is 160 Å². The van der Waals surface area contributed by atoms with Crippen LogP contribution >= 0.6 is 0 Å². The van der Waals surface area contributed by atoms with Crippen molar-refractivity contribution in [3.63, 3.8) is 0 Å². The third-order valence-corrected chi connectivity index (χ3v) is 4.58. The molecular formula is C19H29N7O. The van der Waals surface area contributed by atoms with Gasteiger partial charge in [-0.3, -0.25) is 19.5 Å². The molecule has 0 unspecified atom stereocenters. The summed E-state index contributed by atoms with van der Waals surface area (Å²) in [5.41, 5.74) is 4.22. The Bertz CT molecular complexity index is 783. The number of nitrogens with zero attached hydrogens (tertiary/aromatic N) is 5. The summed E-state index contributed by atoms with van der Waals surface area (Å²) in [5, 5.41) is 10.7. The summed E-state index contributed by atoms with van der Waals surface area (Å²) in [6.45, 7) is 5.43. The number of guanidine groups is 1. The second-order valence-electron chi connectivity index (χ2n) is 6.44. The maximum absolute atomic E-state index is 12.3. The maximum atomic E-state index is 12.3. The van der Waals surface area contributed by atoms with E-state index in [1.165, 1.54) is 0 Å². The van der Waals surface area contributed by atoms with Crippen molar-refractivity contribution >= 4 is 11.9 Å². The molecule has 0 spiro atoms. The van der Waals surface area contributed by atoms with E-state index in [-0.39, 0.29) is 12.5 Å². The molecule has 2 heterocycles. The SMILES string of the molecule is CN=C(NCC(=O)N(C)CCc1ccccn1)NCc1c(C)nn(C)c1C. The van der Waals surface area contributed by atoms with Gasteiger partial charge in [0.1, 0.15) is 0 Å². The Morgan fingerprint density at radius 1 is 1.30 bits per heavy atom. The summed E-state index contributed by atoms with van der Waals surface area (Å²) < 4.78 is 1.86. The monoisotopic (exact) mass is 371 g/mol. The molecule has 2 rings (SSSR count). The van der Waals surface area contributed by atoms with E-state index in [1.807, 2.05) is 43.8 Å². The van der Waals surface area contributed by atoms with Gasteiger partial charge >= 0.3 is 0 Å². The van der Waals surface area contributed by atoms with Gasteiger partial charge in [0.05, 0.1) is 12.2 Å². The first-order valence-corrected chi connectivity index (χ1v) is 8.99. The minimum absolute atomic E-state index is 0.00243. The first-order chi connectivity index (χ1) is 12.9. The molecule has 0 aliphatic rings. The van der Waals surface area contributed by atoms with Crippen molar-refractivity contribution in [3.8, 4) is 0 Å². The third kappa shape index (κ3) is 5.80. The number of carbonyl (C=O) groups excluding carboxylic acids is 1. The second-order valence-corrected chi connectivity index (χ2v) is 6.44. The van der Waals surface area contributed by atoms with Gasteiger partial charge in [0.15, 0.2) is 5.96 Å². The van der Waals surface area contributed by atoms with Crippen molar-refractivity contribution in [2.75, 3.05) is 27.2 Å². The summed E-state index contributed by atoms with van der Waals surface area (Å²) in [4.78, 5) is 22.5. The minimum Gasteiger partial charge on any atom is -0.352 e. The summed E-state index contributed by atoms with van der Waals surface area (Å²) in [7, 11) is 5.41. The highest BCUT2D eigenvalue weighted by atomic mass is 16.2. The molecule has 146 valence electrons. The fraction of sp³-hybridized carbons (Fsp3) is 0.474. The molecule has 0 saturated heterocycles. The second kappa shape index (κ2) is 9.70. The number of rotatable bonds is 7. The number of hydrogen-bond donors (Lipinski definition) is 2. The fourth-order valence-corrected chi connectivity index (χ4v) is 2.71. The summed E-state index contributed by atoms with van der Waals surface area (Å²) >= 11 is 0. The number of hydrogen-bond acceptors (Lipinski definition) is 4. The van der Waals surface area contributed by atoms with Gasteiger partial charge in [-0.15, -0.1) is 0 Å². The highest BCUT2D eigenvalue weighted by Crippen LogP contribution is 2.10. The van der Waals surface area contributed by atoms with E-state index in [0.717, 1.165) is 29.1 Å². The van der Waals surface area contributed by atoms with Gasteiger partial charge in [-0.1, -0.05) is 6.07 Å². The topological polar surface area (TPSA) is 87.4 Å². The Hall–Kier alpha value is -2.90. The zero-order chi connectivity index (χ0) is 19.8. The number of likely N-dealkylation sites (N-methyl/N-ethyl adjacent to an activating group) is 1. The summed E-state index contributed by atoms with van der Waals surface area (Å²) in [6.07, 6.45) is 2.50. The Balaban J connectivity index is 1.78. The molecule has 2 aromatic heterocycles. The molecule has 2 N–H and O–H groups in total. The number of aromatic nitrogens is 3. The molecule has 0 radical (unpaired) electrons. The smallest absolute Gasteiger partial charge is 0.241 e. The van der Waals surface area contributed by atoms with Crippen molar-refractivity contribution < 1.29 is 4.79 Å². The molecule has 0 aliphatic carbocycles. The van der Waals surface area contributed by atoms with Crippen molar-refractivity contribution in [3.05, 3.63) is 47.0 Å². The normalized spacial score (nSPS) is 11.4. The van der Waals surface area contributed by atoms with Gasteiger partial charge in [-0.05, 0) is 26.0 Å². The number of pyridine rings is 1. The number of amides is 1. The molecule has 0 fully saturated rings. The first kappa shape index (κ1) is 20.4. The lowest BCUT2D eigenvalue weighted by Gasteiger charge is -2.18. The fourth-order valence-electron chi connectivity index (χ4n) is 2.71. The lowest BCUT2D eigenvalue weighted by atomic mass is 10.2. The van der Waals surface area contributed by atoms with Gasteiger partial charge in [0.2, 0.25) is 5.91 Å². The average molecular weight is 371 g/mol. The Kier molecular flexibility index (Phi) is 7.34. The molecule has 0 aromatic carbocycles. The molecule has 0 atom stereocenters. The van der Waals surface area contributed by atoms with Crippen molar-refractivity contribution in [2.45, 2.75) is 26.8 Å². The van der Waals surface area contributed by atoms with Gasteiger partial charge in [0.25, 0.3) is 0 Å². The van der Waals surface area contributed by atoms with E-state index < -0.39 is 0 Å². The van der Waals surface area contributed by atoms with Crippen LogP contribution in [0.2, 0.25) is 0 Å². The third-order valence-electron chi connectivity index (χ3n) is 4.58. The molecule has 2 aromatic rings. The molecule has 8 nitrogen and oxygen atoms in total. The van der Waals surface area contributed by atoms with Crippen LogP contribution in [-0.2, 0) is 24.8 Å². The maximum Gasteiger partial charge on any atom is 0.241 e. The summed E-state index contributed by atoms with van der Waals surface area (Å²) in [6, 6.07) is 5.80. The zero-order valence-corrected chi connectivity index (χ0v) is 16.8. The Morgan fingerprint density at radius 3 is 2.67 bits per heavy atom. The number of aryl methyl sites for hydroxylation is 2. The van der Waals surface area contributed by atoms with Gasteiger partial charge in [-0.2, -0.15) is 5.10 Å². The van der Waals surface area contributed by atoms with E-state index in [2.05, 4.69) is 25.7 Å². The highest BCUT2D eigenvalue weighted by molar-refractivity contribution is 5.86. The van der Waals surface area contributed by atoms with Crippen LogP contribution in [-0.4, -0.2) is 58.7 Å². The molecule has 27 heavy (non-hydrogen) atoms. The standard InChI is InChI=1S/C19H29N7O/c1-14-17(15(2)26(5)24-14)12-22-19(20-3)23-13-18(27)25(4)11-9-16-8-6-7-10-21-16/h6-8,10H,9,11-13H2,1-5H3,(H2,20,22,23). The van der Waals surface area contributed by atoms with E-state index in [0.29, 0.717) is 19.0 Å². The van der Waals surface area contributed by atoms with Crippen LogP contribution in [0.4, 0.5) is 0 Å². The van der Waals surface area contributed by atoms with Gasteiger partial charge in [0, 0.05) is 63.8 Å². The van der Waals surface area contributed by atoms with Crippen molar-refractivity contribution in [1.82, 2.24) is 30.3 Å². The minimum atomic E-state index is 0.00243. The van der Waals surface area contributed by atoms with Crippen LogP contribution in [0.25, 0.3) is 0 Å². The summed E-state index contributed by atoms with van der Waals surface area (Å²) in [5.74, 6) is 0.590. The molecule has 0 saturated carbocycles. The van der Waals surface area contributed by atoms with Crippen LogP contribution < -0.4 is 10.6 Å². The molecule has 8 heteroatoms. The molecular weight excluding hydrogens is 342 g/mol. The van der Waals surface area contributed by atoms with E-state index in [9.17, 15) is 4.79 Å². The van der Waals surface area contributed by atoms with E-state index >= 15 is 0 Å². The quantitative estimate of drug-likeness (QED) is 0.555. The lowest BCUT2D eigenvalue weighted by molar-refractivity contribution is -0.128. The predicted octanol–water partition coefficient (Wildman–Crippen LogP) is 0.798. The van der Waals surface area contributed by atoms with Crippen LogP contribution in [0, 0.1) is 13.8 Å². The Morgan fingerprint density at radius 2 is 2.07 bits per heavy atom. The highest BCUT2D eigenvalue weighted by Gasteiger charge is 2.12. The number of carbonyl (C=O) groups is 1. The lowest BCUT2D eigenvalue weighted by Crippen LogP contribution is -2.43. The number of nitrogens with one attached hydrogen (secondary N) is 2. The van der Waals surface area contributed by atoms with E-state index in [1.54, 1.807) is 25.2 Å². The van der Waals surface area contributed by atoms with Crippen molar-refractivity contribution in [2.24, 2.45) is 12.0 Å². The largest absolute Gasteiger partial charge is 0.352 e. The predicted molar refractivity (Wildman–Crippen MR) is 106 cm³/mol. The number of aliphatic imine (C=N–C) groups is 1. The van der Waals surface area contributed by atoms with Gasteiger partial charge in [-0.25, -0.2) is 0 Å². The zero-order valence-electron chi connectivity index (χ0n) is 16.8. The van der Waals surface area contributed by atoms with Crippen LogP contribution in [0.3, 0.4) is 0 Å². The molecule has 1 amide bonds. The van der Waals surface area contributed by atoms with Gasteiger partial charge < -0.3 is 15.5 Å². The van der Waals surface area contributed by atoms with Crippen LogP contribution in [0.5, 0.6) is 0 Å². The average Bonchev–Trinajstić information content (AvgIpc) is 2.92. The van der Waals surface area contributed by atoms with Crippen molar-refractivity contribution in [1.29, 1.82) is 0 Å². The van der Waals surface area contributed by atoms with Crippen LogP contribution in [0.15, 0.2) is 29.4 Å². The first-order valence-electron chi connectivity index (χ1n) is 8.99. The molecule has 0 bridgehead atoms.